The van der Waals surface area contributed by atoms with Crippen LogP contribution in [-0.2, 0) is 0 Å². The summed E-state index contributed by atoms with van der Waals surface area (Å²) in [5.74, 6) is 0.893. The maximum Gasteiger partial charge on any atom is 0.138 e. The van der Waals surface area contributed by atoms with Crippen molar-refractivity contribution in [1.29, 1.82) is 0 Å². The molecule has 0 spiro atoms. The van der Waals surface area contributed by atoms with Crippen LogP contribution in [0.4, 0.5) is 0 Å². The average molecular weight is 728 g/mol. The van der Waals surface area contributed by atoms with E-state index in [0.717, 1.165) is 72.4 Å². The van der Waals surface area contributed by atoms with Gasteiger partial charge in [-0.15, -0.1) is 0 Å². The van der Waals surface area contributed by atoms with Gasteiger partial charge in [0, 0.05) is 49.6 Å². The second kappa shape index (κ2) is 12.4. The summed E-state index contributed by atoms with van der Waals surface area (Å²) >= 11 is 0. The molecule has 0 atom stereocenters. The van der Waals surface area contributed by atoms with Crippen LogP contribution >= 0.6 is 0 Å². The number of furan rings is 1. The summed E-state index contributed by atoms with van der Waals surface area (Å²) in [6.45, 7) is 0. The third-order valence-electron chi connectivity index (χ3n) is 11.5. The van der Waals surface area contributed by atoms with Crippen molar-refractivity contribution in [2.75, 3.05) is 0 Å². The Bertz CT molecular complexity index is 3460. The molecule has 266 valence electrons. The minimum atomic E-state index is 0.891. The molecule has 0 aliphatic rings. The lowest BCUT2D eigenvalue weighted by molar-refractivity contribution is 0.668. The Balaban J connectivity index is 1.02. The summed E-state index contributed by atoms with van der Waals surface area (Å²) in [4.78, 5) is 5.33. The second-order valence-corrected chi connectivity index (χ2v) is 14.8. The minimum Gasteiger partial charge on any atom is -0.456 e. The van der Waals surface area contributed by atoms with Crippen LogP contribution in [0, 0.1) is 0 Å². The zero-order valence-corrected chi connectivity index (χ0v) is 30.8. The van der Waals surface area contributed by atoms with Crippen LogP contribution in [0.1, 0.15) is 0 Å². The van der Waals surface area contributed by atoms with Crippen LogP contribution in [0.3, 0.4) is 0 Å². The highest BCUT2D eigenvalue weighted by atomic mass is 16.3. The highest BCUT2D eigenvalue weighted by molar-refractivity contribution is 6.13. The third kappa shape index (κ3) is 4.98. The highest BCUT2D eigenvalue weighted by Crippen LogP contribution is 2.40. The van der Waals surface area contributed by atoms with E-state index in [1.807, 2.05) is 12.1 Å². The number of para-hydroxylation sites is 3. The zero-order chi connectivity index (χ0) is 37.5. The van der Waals surface area contributed by atoms with Gasteiger partial charge < -0.3 is 8.98 Å². The molecule has 0 aliphatic heterocycles. The van der Waals surface area contributed by atoms with Crippen LogP contribution in [-0.4, -0.2) is 14.1 Å². The van der Waals surface area contributed by atoms with Gasteiger partial charge in [0.05, 0.1) is 27.8 Å². The van der Waals surface area contributed by atoms with Crippen LogP contribution in [0.5, 0.6) is 0 Å². The van der Waals surface area contributed by atoms with Gasteiger partial charge in [-0.3, -0.25) is 4.57 Å². The molecule has 0 saturated heterocycles. The fourth-order valence-corrected chi connectivity index (χ4v) is 8.87. The summed E-state index contributed by atoms with van der Waals surface area (Å²) in [6.07, 6.45) is 0. The summed E-state index contributed by atoms with van der Waals surface area (Å²) in [5.41, 5.74) is 14.1. The summed E-state index contributed by atoms with van der Waals surface area (Å²) in [6, 6.07) is 71.4. The van der Waals surface area contributed by atoms with E-state index in [4.69, 9.17) is 9.40 Å². The fourth-order valence-electron chi connectivity index (χ4n) is 8.87. The monoisotopic (exact) mass is 727 g/mol. The largest absolute Gasteiger partial charge is 0.456 e. The van der Waals surface area contributed by atoms with Crippen molar-refractivity contribution in [3.8, 4) is 45.0 Å². The predicted molar refractivity (Wildman–Crippen MR) is 237 cm³/mol. The molecule has 4 heteroatoms. The minimum absolute atomic E-state index is 0.891. The van der Waals surface area contributed by atoms with Gasteiger partial charge in [-0.25, -0.2) is 4.98 Å². The second-order valence-electron chi connectivity index (χ2n) is 14.8. The van der Waals surface area contributed by atoms with Crippen molar-refractivity contribution in [3.05, 3.63) is 200 Å². The number of benzene rings is 8. The number of pyridine rings is 1. The van der Waals surface area contributed by atoms with Gasteiger partial charge >= 0.3 is 0 Å². The van der Waals surface area contributed by atoms with Gasteiger partial charge in [0.25, 0.3) is 0 Å². The van der Waals surface area contributed by atoms with Crippen LogP contribution in [0.2, 0.25) is 0 Å². The molecule has 0 fully saturated rings. The van der Waals surface area contributed by atoms with Crippen molar-refractivity contribution in [3.63, 3.8) is 0 Å². The Morgan fingerprint density at radius 1 is 0.316 bits per heavy atom. The predicted octanol–water partition coefficient (Wildman–Crippen LogP) is 14.2. The fraction of sp³-hybridized carbons (Fsp3) is 0. The Morgan fingerprint density at radius 2 is 0.860 bits per heavy atom. The van der Waals surface area contributed by atoms with Crippen LogP contribution < -0.4 is 0 Å². The molecule has 0 unspecified atom stereocenters. The first-order chi connectivity index (χ1) is 28.2. The summed E-state index contributed by atoms with van der Waals surface area (Å²) in [7, 11) is 0. The SMILES string of the molecule is c1ccc(-c2cc(-c3ccccc3)nc(-n3c4ccccc4c4cc(-c5ccc6c(c5)c5ccccc5n6-c5ccc6c(c5)oc5ccccc56)ccc43)c2)cc1. The molecule has 12 rings (SSSR count). The van der Waals surface area contributed by atoms with Crippen LogP contribution in [0.15, 0.2) is 205 Å². The van der Waals surface area contributed by atoms with Gasteiger partial charge in [0.1, 0.15) is 17.0 Å². The number of fused-ring (bicyclic) bond motifs is 9. The van der Waals surface area contributed by atoms with E-state index in [-0.39, 0.29) is 0 Å². The molecule has 4 aromatic heterocycles. The van der Waals surface area contributed by atoms with E-state index in [9.17, 15) is 0 Å². The van der Waals surface area contributed by atoms with Gasteiger partial charge in [-0.2, -0.15) is 0 Å². The Labute approximate surface area is 328 Å². The standard InChI is InChI=1S/C53H33N3O/c1-3-13-34(14-4-1)38-31-46(35-15-5-2-6-16-35)54-53(32-38)56-48-21-11-8-18-41(48)45-30-37(24-28-50(45)56)36-23-27-49-44(29-36)40-17-7-10-20-47(40)55(49)39-25-26-43-42-19-9-12-22-51(42)57-52(43)33-39/h1-33H. The average Bonchev–Trinajstić information content (AvgIpc) is 3.93. The number of hydrogen-bond acceptors (Lipinski definition) is 2. The molecule has 0 bridgehead atoms. The first-order valence-corrected chi connectivity index (χ1v) is 19.4. The molecule has 0 radical (unpaired) electrons. The van der Waals surface area contributed by atoms with E-state index in [0.29, 0.717) is 0 Å². The van der Waals surface area contributed by atoms with Crippen molar-refractivity contribution in [1.82, 2.24) is 14.1 Å². The number of hydrogen-bond donors (Lipinski definition) is 0. The summed E-state index contributed by atoms with van der Waals surface area (Å²) in [5, 5.41) is 7.09. The topological polar surface area (TPSA) is 35.9 Å². The molecule has 0 amide bonds. The molecule has 12 aromatic rings. The van der Waals surface area contributed by atoms with Gasteiger partial charge in [-0.05, 0) is 89.0 Å². The molecule has 0 aliphatic carbocycles. The third-order valence-corrected chi connectivity index (χ3v) is 11.5. The number of nitrogens with zero attached hydrogens (tertiary/aromatic N) is 3. The van der Waals surface area contributed by atoms with E-state index in [1.165, 1.54) is 38.2 Å². The highest BCUT2D eigenvalue weighted by Gasteiger charge is 2.18. The first kappa shape index (κ1) is 31.6. The lowest BCUT2D eigenvalue weighted by Crippen LogP contribution is -2.00. The van der Waals surface area contributed by atoms with Crippen molar-refractivity contribution in [2.45, 2.75) is 0 Å². The molecule has 4 nitrogen and oxygen atoms in total. The molecule has 0 N–H and O–H groups in total. The first-order valence-electron chi connectivity index (χ1n) is 19.4. The van der Waals surface area contributed by atoms with Crippen LogP contribution in [0.25, 0.3) is 111 Å². The summed E-state index contributed by atoms with van der Waals surface area (Å²) < 4.78 is 11.0. The molecular weight excluding hydrogens is 695 g/mol. The molecule has 57 heavy (non-hydrogen) atoms. The molecule has 0 saturated carbocycles. The lowest BCUT2D eigenvalue weighted by Gasteiger charge is -2.13. The lowest BCUT2D eigenvalue weighted by atomic mass is 10.0. The van der Waals surface area contributed by atoms with E-state index in [2.05, 4.69) is 197 Å². The smallest absolute Gasteiger partial charge is 0.138 e. The van der Waals surface area contributed by atoms with E-state index >= 15 is 0 Å². The van der Waals surface area contributed by atoms with Crippen molar-refractivity contribution >= 4 is 65.6 Å². The zero-order valence-electron chi connectivity index (χ0n) is 30.8. The Hall–Kier alpha value is -7.69. The molecule has 4 heterocycles. The molecular formula is C53H33N3O. The van der Waals surface area contributed by atoms with Gasteiger partial charge in [0.2, 0.25) is 0 Å². The Kier molecular flexibility index (Phi) is 6.89. The Morgan fingerprint density at radius 3 is 1.56 bits per heavy atom. The number of aromatic nitrogens is 3. The van der Waals surface area contributed by atoms with Crippen molar-refractivity contribution < 1.29 is 4.42 Å². The molecule has 8 aromatic carbocycles. The van der Waals surface area contributed by atoms with Gasteiger partial charge in [-0.1, -0.05) is 127 Å². The van der Waals surface area contributed by atoms with Crippen molar-refractivity contribution in [2.24, 2.45) is 0 Å². The maximum absolute atomic E-state index is 6.32. The maximum atomic E-state index is 6.32. The van der Waals surface area contributed by atoms with Gasteiger partial charge in [0.15, 0.2) is 0 Å². The normalized spacial score (nSPS) is 11.9. The quantitative estimate of drug-likeness (QED) is 0.177. The number of rotatable bonds is 5. The van der Waals surface area contributed by atoms with E-state index < -0.39 is 0 Å². The van der Waals surface area contributed by atoms with E-state index in [1.54, 1.807) is 0 Å².